The molecular weight excluding hydrogens is 294 g/mol. The second-order valence-electron chi connectivity index (χ2n) is 5.62. The number of imidazole rings is 1. The fourth-order valence-corrected chi connectivity index (χ4v) is 3.01. The molecule has 7 nitrogen and oxygen atoms in total. The van der Waals surface area contributed by atoms with Crippen LogP contribution in [0.2, 0.25) is 0 Å². The maximum atomic E-state index is 10.8. The molecule has 0 N–H and O–H groups in total. The lowest BCUT2D eigenvalue weighted by Gasteiger charge is -2.22. The standard InChI is InChI=1S/C16H23N5O2/c1-2-23-13-12-21-15-7-4-3-6-14(15)17-16(21)19-8-5-9-20(18-22)11-10-19/h3-4,6-7H,2,5,8-13H2,1H3. The molecule has 23 heavy (non-hydrogen) atoms. The largest absolute Gasteiger partial charge is 0.380 e. The molecule has 0 unspecified atom stereocenters. The first kappa shape index (κ1) is 15.7. The van der Waals surface area contributed by atoms with Crippen LogP contribution in [0, 0.1) is 4.91 Å². The van der Waals surface area contributed by atoms with Gasteiger partial charge in [0, 0.05) is 32.8 Å². The zero-order chi connectivity index (χ0) is 16.1. The molecule has 7 heteroatoms. The second-order valence-corrected chi connectivity index (χ2v) is 5.62. The van der Waals surface area contributed by atoms with Crippen molar-refractivity contribution < 1.29 is 4.74 Å². The molecular formula is C16H23N5O2. The van der Waals surface area contributed by atoms with E-state index in [0.717, 1.165) is 43.0 Å². The zero-order valence-corrected chi connectivity index (χ0v) is 13.5. The molecule has 0 bridgehead atoms. The first-order chi connectivity index (χ1) is 11.3. The minimum Gasteiger partial charge on any atom is -0.380 e. The van der Waals surface area contributed by atoms with Crippen LogP contribution in [-0.2, 0) is 11.3 Å². The smallest absolute Gasteiger partial charge is 0.206 e. The number of anilines is 1. The van der Waals surface area contributed by atoms with Gasteiger partial charge in [0.2, 0.25) is 5.95 Å². The van der Waals surface area contributed by atoms with Crippen molar-refractivity contribution in [3.8, 4) is 0 Å². The monoisotopic (exact) mass is 317 g/mol. The number of benzene rings is 1. The van der Waals surface area contributed by atoms with Gasteiger partial charge in [0.25, 0.3) is 0 Å². The van der Waals surface area contributed by atoms with Crippen molar-refractivity contribution in [2.75, 3.05) is 44.3 Å². The van der Waals surface area contributed by atoms with E-state index >= 15 is 0 Å². The van der Waals surface area contributed by atoms with Gasteiger partial charge in [0.15, 0.2) is 0 Å². The van der Waals surface area contributed by atoms with Gasteiger partial charge in [0.1, 0.15) is 0 Å². The highest BCUT2D eigenvalue weighted by molar-refractivity contribution is 5.78. The van der Waals surface area contributed by atoms with E-state index in [2.05, 4.69) is 20.8 Å². The van der Waals surface area contributed by atoms with Crippen LogP contribution in [0.5, 0.6) is 0 Å². The summed E-state index contributed by atoms with van der Waals surface area (Å²) in [6.07, 6.45) is 0.903. The Kier molecular flexibility index (Phi) is 5.07. The normalized spacial score (nSPS) is 15.9. The van der Waals surface area contributed by atoms with Gasteiger partial charge >= 0.3 is 0 Å². The molecule has 1 aliphatic heterocycles. The van der Waals surface area contributed by atoms with Gasteiger partial charge in [-0.1, -0.05) is 12.1 Å². The van der Waals surface area contributed by atoms with Gasteiger partial charge in [-0.25, -0.2) is 4.98 Å². The van der Waals surface area contributed by atoms with Crippen LogP contribution in [0.1, 0.15) is 13.3 Å². The van der Waals surface area contributed by atoms with Crippen molar-refractivity contribution >= 4 is 17.0 Å². The van der Waals surface area contributed by atoms with Crippen LogP contribution in [0.3, 0.4) is 0 Å². The van der Waals surface area contributed by atoms with E-state index in [-0.39, 0.29) is 0 Å². The number of fused-ring (bicyclic) bond motifs is 1. The van der Waals surface area contributed by atoms with Crippen LogP contribution in [-0.4, -0.2) is 54.0 Å². The van der Waals surface area contributed by atoms with Gasteiger partial charge in [-0.3, -0.25) is 5.01 Å². The summed E-state index contributed by atoms with van der Waals surface area (Å²) in [5.41, 5.74) is 2.12. The van der Waals surface area contributed by atoms with E-state index < -0.39 is 0 Å². The summed E-state index contributed by atoms with van der Waals surface area (Å²) in [5.74, 6) is 0.957. The van der Waals surface area contributed by atoms with Crippen LogP contribution in [0.15, 0.2) is 29.6 Å². The fourth-order valence-electron chi connectivity index (χ4n) is 3.01. The minimum absolute atomic E-state index is 0.637. The van der Waals surface area contributed by atoms with Crippen LogP contribution < -0.4 is 4.90 Å². The van der Waals surface area contributed by atoms with Gasteiger partial charge in [-0.15, -0.1) is 4.91 Å². The number of aromatic nitrogens is 2. The van der Waals surface area contributed by atoms with E-state index in [1.807, 2.05) is 25.1 Å². The molecule has 124 valence electrons. The molecule has 1 saturated heterocycles. The summed E-state index contributed by atoms with van der Waals surface area (Å²) in [4.78, 5) is 17.8. The third kappa shape index (κ3) is 3.44. The van der Waals surface area contributed by atoms with Crippen LogP contribution >= 0.6 is 0 Å². The Bertz CT molecular complexity index is 657. The number of rotatable bonds is 6. The predicted molar refractivity (Wildman–Crippen MR) is 90.4 cm³/mol. The number of ether oxygens (including phenoxy) is 1. The Hall–Kier alpha value is -2.15. The molecule has 3 rings (SSSR count). The Morgan fingerprint density at radius 1 is 1.22 bits per heavy atom. The zero-order valence-electron chi connectivity index (χ0n) is 13.5. The summed E-state index contributed by atoms with van der Waals surface area (Å²) in [7, 11) is 0. The van der Waals surface area contributed by atoms with Crippen molar-refractivity contribution in [2.45, 2.75) is 19.9 Å². The van der Waals surface area contributed by atoms with Gasteiger partial charge in [-0.2, -0.15) is 0 Å². The highest BCUT2D eigenvalue weighted by atomic mass is 16.5. The topological polar surface area (TPSA) is 63.0 Å². The summed E-state index contributed by atoms with van der Waals surface area (Å²) in [6, 6.07) is 8.17. The van der Waals surface area contributed by atoms with E-state index in [4.69, 9.17) is 9.72 Å². The van der Waals surface area contributed by atoms with Crippen LogP contribution in [0.25, 0.3) is 11.0 Å². The maximum absolute atomic E-state index is 10.8. The SMILES string of the molecule is CCOCCn1c(N2CCCN(N=O)CC2)nc2ccccc21. The number of hydrogen-bond donors (Lipinski definition) is 0. The van der Waals surface area contributed by atoms with Crippen molar-refractivity contribution in [3.63, 3.8) is 0 Å². The van der Waals surface area contributed by atoms with Crippen molar-refractivity contribution in [3.05, 3.63) is 29.2 Å². The molecule has 1 aromatic carbocycles. The molecule has 0 spiro atoms. The Balaban J connectivity index is 1.88. The first-order valence-corrected chi connectivity index (χ1v) is 8.19. The predicted octanol–water partition coefficient (Wildman–Crippen LogP) is 2.27. The average Bonchev–Trinajstić information content (AvgIpc) is 2.78. The number of para-hydroxylation sites is 2. The minimum atomic E-state index is 0.637. The highest BCUT2D eigenvalue weighted by Crippen LogP contribution is 2.23. The molecule has 1 aliphatic rings. The lowest BCUT2D eigenvalue weighted by atomic mass is 10.3. The molecule has 1 aromatic heterocycles. The van der Waals surface area contributed by atoms with Crippen molar-refractivity contribution in [2.24, 2.45) is 5.29 Å². The third-order valence-corrected chi connectivity index (χ3v) is 4.17. The van der Waals surface area contributed by atoms with Gasteiger partial charge in [-0.05, 0) is 25.5 Å². The quantitative estimate of drug-likeness (QED) is 0.604. The van der Waals surface area contributed by atoms with Gasteiger partial charge < -0.3 is 14.2 Å². The fraction of sp³-hybridized carbons (Fsp3) is 0.562. The summed E-state index contributed by atoms with van der Waals surface area (Å²) < 4.78 is 7.74. The lowest BCUT2D eigenvalue weighted by Crippen LogP contribution is -2.31. The number of nitroso groups, excluding NO2 is 1. The van der Waals surface area contributed by atoms with Crippen molar-refractivity contribution in [1.29, 1.82) is 0 Å². The number of nitrogens with zero attached hydrogens (tertiary/aromatic N) is 5. The van der Waals surface area contributed by atoms with E-state index in [0.29, 0.717) is 26.3 Å². The van der Waals surface area contributed by atoms with E-state index in [1.54, 1.807) is 5.01 Å². The molecule has 0 amide bonds. The molecule has 0 saturated carbocycles. The van der Waals surface area contributed by atoms with Crippen LogP contribution in [0.4, 0.5) is 5.95 Å². The Morgan fingerprint density at radius 3 is 2.91 bits per heavy atom. The first-order valence-electron chi connectivity index (χ1n) is 8.19. The molecule has 1 fully saturated rings. The molecule has 2 aromatic rings. The second kappa shape index (κ2) is 7.41. The summed E-state index contributed by atoms with van der Waals surface area (Å²) >= 11 is 0. The summed E-state index contributed by atoms with van der Waals surface area (Å²) in [5, 5.41) is 4.66. The van der Waals surface area contributed by atoms with E-state index in [9.17, 15) is 4.91 Å². The molecule has 0 radical (unpaired) electrons. The Labute approximate surface area is 135 Å². The third-order valence-electron chi connectivity index (χ3n) is 4.17. The average molecular weight is 317 g/mol. The van der Waals surface area contributed by atoms with Crippen molar-refractivity contribution in [1.82, 2.24) is 14.6 Å². The molecule has 0 aliphatic carbocycles. The lowest BCUT2D eigenvalue weighted by molar-refractivity contribution is 0.140. The maximum Gasteiger partial charge on any atom is 0.206 e. The molecule has 2 heterocycles. The number of hydrogen-bond acceptors (Lipinski definition) is 5. The molecule has 0 atom stereocenters. The van der Waals surface area contributed by atoms with E-state index in [1.165, 1.54) is 0 Å². The van der Waals surface area contributed by atoms with Gasteiger partial charge in [0.05, 0.1) is 29.5 Å². The highest BCUT2D eigenvalue weighted by Gasteiger charge is 2.20. The Morgan fingerprint density at radius 2 is 2.09 bits per heavy atom. The summed E-state index contributed by atoms with van der Waals surface area (Å²) in [6.45, 7) is 7.13.